The van der Waals surface area contributed by atoms with Crippen molar-refractivity contribution in [1.29, 1.82) is 0 Å². The molecule has 9 N–H and O–H groups in total. The van der Waals surface area contributed by atoms with Crippen LogP contribution in [0.3, 0.4) is 0 Å². The van der Waals surface area contributed by atoms with E-state index in [1.165, 1.54) is 7.05 Å². The molecule has 1 aromatic carbocycles. The second kappa shape index (κ2) is 8.28. The summed E-state index contributed by atoms with van der Waals surface area (Å²) < 4.78 is 32.7. The molecule has 0 saturated carbocycles. The first-order valence-electron chi connectivity index (χ1n) is 7.47. The molecule has 0 fully saturated rings. The first-order valence-corrected chi connectivity index (χ1v) is 7.47. The molecular formula is C14H17F2N9O3. The number of nitrogens with two attached hydrogens (primary N) is 4. The van der Waals surface area contributed by atoms with Gasteiger partial charge in [-0.05, 0) is 6.07 Å². The monoisotopic (exact) mass is 397 g/mol. The largest absolute Gasteiger partial charge is 0.481 e. The number of hydrazine groups is 2. The summed E-state index contributed by atoms with van der Waals surface area (Å²) >= 11 is 0. The van der Waals surface area contributed by atoms with Crippen molar-refractivity contribution >= 4 is 35.1 Å². The van der Waals surface area contributed by atoms with Gasteiger partial charge in [-0.15, -0.1) is 0 Å². The van der Waals surface area contributed by atoms with E-state index in [0.717, 1.165) is 18.3 Å². The van der Waals surface area contributed by atoms with Crippen molar-refractivity contribution in [2.45, 2.75) is 0 Å². The fraction of sp³-hybridized carbons (Fsp3) is 0.143. The van der Waals surface area contributed by atoms with Crippen LogP contribution in [0.15, 0.2) is 18.3 Å². The van der Waals surface area contributed by atoms with Gasteiger partial charge in [0.2, 0.25) is 5.95 Å². The van der Waals surface area contributed by atoms with Crippen LogP contribution in [0.4, 0.5) is 36.7 Å². The first-order chi connectivity index (χ1) is 13.1. The van der Waals surface area contributed by atoms with E-state index in [4.69, 9.17) is 27.9 Å². The second-order valence-corrected chi connectivity index (χ2v) is 5.37. The van der Waals surface area contributed by atoms with E-state index in [9.17, 15) is 18.4 Å². The Morgan fingerprint density at radius 3 is 2.50 bits per heavy atom. The second-order valence-electron chi connectivity index (χ2n) is 5.37. The van der Waals surface area contributed by atoms with E-state index in [2.05, 4.69) is 15.3 Å². The van der Waals surface area contributed by atoms with Crippen LogP contribution in [-0.4, -0.2) is 40.6 Å². The number of hydrogen-bond acceptors (Lipinski definition) is 9. The number of rotatable bonds is 6. The molecule has 0 bridgehead atoms. The lowest BCUT2D eigenvalue weighted by Crippen LogP contribution is -2.48. The van der Waals surface area contributed by atoms with Crippen LogP contribution in [0.1, 0.15) is 0 Å². The number of hydrogen-bond donors (Lipinski definition) is 5. The van der Waals surface area contributed by atoms with Gasteiger partial charge in [0.25, 0.3) is 5.91 Å². The number of nitrogen functional groups attached to an aromatic ring is 1. The van der Waals surface area contributed by atoms with Crippen molar-refractivity contribution in [2.24, 2.45) is 17.4 Å². The van der Waals surface area contributed by atoms with E-state index in [0.29, 0.717) is 10.0 Å². The zero-order valence-corrected chi connectivity index (χ0v) is 14.5. The first kappa shape index (κ1) is 20.5. The Morgan fingerprint density at radius 2 is 1.93 bits per heavy atom. The van der Waals surface area contributed by atoms with Crippen LogP contribution in [0.2, 0.25) is 0 Å². The molecule has 0 spiro atoms. The number of ether oxygens (including phenoxy) is 1. The minimum absolute atomic E-state index is 0.164. The molecule has 0 atom stereocenters. The number of anilines is 4. The van der Waals surface area contributed by atoms with E-state index >= 15 is 0 Å². The van der Waals surface area contributed by atoms with Gasteiger partial charge >= 0.3 is 6.03 Å². The van der Waals surface area contributed by atoms with Crippen molar-refractivity contribution < 1.29 is 23.1 Å². The van der Waals surface area contributed by atoms with Gasteiger partial charge in [-0.3, -0.25) is 9.80 Å². The summed E-state index contributed by atoms with van der Waals surface area (Å²) in [7, 11) is 1.23. The fourth-order valence-corrected chi connectivity index (χ4v) is 1.93. The Labute approximate surface area is 157 Å². The van der Waals surface area contributed by atoms with Crippen molar-refractivity contribution in [1.82, 2.24) is 15.0 Å². The number of benzene rings is 1. The van der Waals surface area contributed by atoms with Gasteiger partial charge in [0.1, 0.15) is 11.4 Å². The van der Waals surface area contributed by atoms with Crippen molar-refractivity contribution in [3.8, 4) is 5.75 Å². The Morgan fingerprint density at radius 1 is 1.25 bits per heavy atom. The molecule has 2 rings (SSSR count). The van der Waals surface area contributed by atoms with Gasteiger partial charge in [0.05, 0.1) is 11.9 Å². The maximum atomic E-state index is 14.4. The molecule has 0 aliphatic heterocycles. The van der Waals surface area contributed by atoms with Crippen molar-refractivity contribution in [2.75, 3.05) is 29.7 Å². The molecule has 14 heteroatoms. The van der Waals surface area contributed by atoms with E-state index in [1.807, 2.05) is 0 Å². The average Bonchev–Trinajstić information content (AvgIpc) is 2.63. The third-order valence-electron chi connectivity index (χ3n) is 3.20. The number of amides is 3. The number of carbonyl (C=O) groups is 2. The number of halogens is 2. The summed E-state index contributed by atoms with van der Waals surface area (Å²) in [6.07, 6.45) is 0.788. The highest BCUT2D eigenvalue weighted by molar-refractivity contribution is 5.93. The zero-order chi connectivity index (χ0) is 21.0. The predicted molar refractivity (Wildman–Crippen MR) is 94.8 cm³/mol. The highest BCUT2D eigenvalue weighted by atomic mass is 19.1. The van der Waals surface area contributed by atoms with Crippen LogP contribution < -0.4 is 38.2 Å². The summed E-state index contributed by atoms with van der Waals surface area (Å²) in [4.78, 5) is 30.2. The van der Waals surface area contributed by atoms with Crippen molar-refractivity contribution in [3.63, 3.8) is 0 Å². The van der Waals surface area contributed by atoms with E-state index in [1.54, 1.807) is 0 Å². The predicted octanol–water partition coefficient (Wildman–Crippen LogP) is -0.450. The SMILES string of the molecule is CN(N)C(=O)N(N)c1cc(Nc2ncc(F)c(N)n2)c(F)cc1OCC(N)=O. The van der Waals surface area contributed by atoms with Gasteiger partial charge < -0.3 is 21.5 Å². The van der Waals surface area contributed by atoms with Crippen LogP contribution in [0.5, 0.6) is 5.75 Å². The average molecular weight is 397 g/mol. The molecule has 28 heavy (non-hydrogen) atoms. The van der Waals surface area contributed by atoms with Gasteiger partial charge in [0, 0.05) is 13.1 Å². The molecule has 0 unspecified atom stereocenters. The Bertz CT molecular complexity index is 910. The third-order valence-corrected chi connectivity index (χ3v) is 3.20. The molecule has 1 heterocycles. The topological polar surface area (TPSA) is 192 Å². The number of primary amides is 1. The lowest BCUT2D eigenvalue weighted by Gasteiger charge is -2.23. The minimum Gasteiger partial charge on any atom is -0.481 e. The van der Waals surface area contributed by atoms with E-state index < -0.39 is 36.0 Å². The Kier molecular flexibility index (Phi) is 6.07. The molecule has 2 aromatic rings. The number of carbonyl (C=O) groups excluding carboxylic acids is 2. The number of aromatic nitrogens is 2. The summed E-state index contributed by atoms with van der Waals surface area (Å²) in [5.74, 6) is 7.54. The maximum Gasteiger partial charge on any atom is 0.352 e. The van der Waals surface area contributed by atoms with Gasteiger partial charge in [-0.25, -0.2) is 35.3 Å². The summed E-state index contributed by atoms with van der Waals surface area (Å²) in [5.41, 5.74) is 9.92. The Balaban J connectivity index is 2.46. The standard InChI is InChI=1S/C14H17F2N9O3/c1-24(19)14(27)25(20)9-3-8(6(15)2-10(9)28-5-11(17)26)22-13-21-4-7(16)12(18)23-13/h2-4H,5,19-20H2,1H3,(H2,17,26)(H3,18,21,22,23). The molecule has 0 radical (unpaired) electrons. The van der Waals surface area contributed by atoms with Gasteiger partial charge in [-0.2, -0.15) is 4.98 Å². The minimum atomic E-state index is -0.892. The molecule has 0 aliphatic carbocycles. The van der Waals surface area contributed by atoms with Crippen LogP contribution in [0.25, 0.3) is 0 Å². The number of nitrogens with one attached hydrogen (secondary N) is 1. The Hall–Kier alpha value is -3.78. The van der Waals surface area contributed by atoms with E-state index in [-0.39, 0.29) is 23.1 Å². The lowest BCUT2D eigenvalue weighted by atomic mass is 10.2. The quantitative estimate of drug-likeness (QED) is 0.244. The molecule has 3 amide bonds. The molecule has 150 valence electrons. The number of nitrogens with zero attached hydrogens (tertiary/aromatic N) is 4. The maximum absolute atomic E-state index is 14.4. The van der Waals surface area contributed by atoms with Crippen molar-refractivity contribution in [3.05, 3.63) is 30.0 Å². The normalized spacial score (nSPS) is 10.3. The molecule has 1 aromatic heterocycles. The highest BCUT2D eigenvalue weighted by Crippen LogP contribution is 2.34. The smallest absolute Gasteiger partial charge is 0.352 e. The lowest BCUT2D eigenvalue weighted by molar-refractivity contribution is -0.119. The molecule has 0 saturated heterocycles. The zero-order valence-electron chi connectivity index (χ0n) is 14.5. The summed E-state index contributed by atoms with van der Waals surface area (Å²) in [5, 5.41) is 3.69. The third kappa shape index (κ3) is 4.68. The van der Waals surface area contributed by atoms with Crippen LogP contribution in [-0.2, 0) is 4.79 Å². The molecular weight excluding hydrogens is 380 g/mol. The molecule has 12 nitrogen and oxygen atoms in total. The summed E-state index contributed by atoms with van der Waals surface area (Å²) in [6, 6.07) is 1.02. The van der Waals surface area contributed by atoms with Gasteiger partial charge in [0.15, 0.2) is 24.1 Å². The highest BCUT2D eigenvalue weighted by Gasteiger charge is 2.22. The van der Waals surface area contributed by atoms with Crippen LogP contribution >= 0.6 is 0 Å². The fourth-order valence-electron chi connectivity index (χ4n) is 1.93. The van der Waals surface area contributed by atoms with Crippen LogP contribution in [0, 0.1) is 11.6 Å². The van der Waals surface area contributed by atoms with Gasteiger partial charge in [-0.1, -0.05) is 0 Å². The summed E-state index contributed by atoms with van der Waals surface area (Å²) in [6.45, 7) is -0.600. The molecule has 0 aliphatic rings. The number of urea groups is 1.